The zero-order chi connectivity index (χ0) is 21.3. The van der Waals surface area contributed by atoms with Gasteiger partial charge in [-0.2, -0.15) is 0 Å². The van der Waals surface area contributed by atoms with E-state index in [2.05, 4.69) is 10.6 Å². The Bertz CT molecular complexity index is 1030. The van der Waals surface area contributed by atoms with Crippen LogP contribution < -0.4 is 15.4 Å². The summed E-state index contributed by atoms with van der Waals surface area (Å²) in [5, 5.41) is 5.30. The van der Waals surface area contributed by atoms with Gasteiger partial charge >= 0.3 is 12.0 Å². The van der Waals surface area contributed by atoms with Crippen molar-refractivity contribution in [1.82, 2.24) is 10.6 Å². The van der Waals surface area contributed by atoms with E-state index in [1.54, 1.807) is 24.3 Å². The summed E-state index contributed by atoms with van der Waals surface area (Å²) in [5.74, 6) is -0.966. The number of para-hydroxylation sites is 2. The van der Waals surface area contributed by atoms with E-state index in [9.17, 15) is 14.4 Å². The van der Waals surface area contributed by atoms with Crippen LogP contribution in [-0.2, 0) is 16.1 Å². The van der Waals surface area contributed by atoms with Crippen LogP contribution in [0.15, 0.2) is 59.0 Å². The van der Waals surface area contributed by atoms with Crippen LogP contribution in [0.4, 0.5) is 4.79 Å². The monoisotopic (exact) mass is 410 g/mol. The van der Waals surface area contributed by atoms with Gasteiger partial charge in [-0.3, -0.25) is 10.1 Å². The van der Waals surface area contributed by atoms with Crippen LogP contribution in [0.1, 0.15) is 29.5 Å². The SMILES string of the molecule is CCCNC(=O)NC(=O)COC(=O)c1oc2ccccc2c1COc1ccccc1. The molecule has 0 aliphatic rings. The van der Waals surface area contributed by atoms with Gasteiger partial charge in [0.2, 0.25) is 5.76 Å². The Morgan fingerprint density at radius 2 is 1.73 bits per heavy atom. The molecule has 0 fully saturated rings. The van der Waals surface area contributed by atoms with E-state index >= 15 is 0 Å². The number of imide groups is 1. The highest BCUT2D eigenvalue weighted by molar-refractivity contribution is 5.99. The van der Waals surface area contributed by atoms with Crippen molar-refractivity contribution in [3.63, 3.8) is 0 Å². The van der Waals surface area contributed by atoms with Crippen LogP contribution >= 0.6 is 0 Å². The highest BCUT2D eigenvalue weighted by atomic mass is 16.5. The molecule has 3 rings (SSSR count). The molecule has 0 radical (unpaired) electrons. The Morgan fingerprint density at radius 1 is 1.00 bits per heavy atom. The van der Waals surface area contributed by atoms with Crippen LogP contribution in [-0.4, -0.2) is 31.1 Å². The van der Waals surface area contributed by atoms with Gasteiger partial charge in [-0.1, -0.05) is 43.3 Å². The number of carbonyl (C=O) groups is 3. The molecule has 1 aromatic heterocycles. The quantitative estimate of drug-likeness (QED) is 0.551. The Hall–Kier alpha value is -3.81. The van der Waals surface area contributed by atoms with Crippen molar-refractivity contribution in [3.05, 3.63) is 65.9 Å². The highest BCUT2D eigenvalue weighted by Gasteiger charge is 2.23. The van der Waals surface area contributed by atoms with Gasteiger partial charge in [0.1, 0.15) is 17.9 Å². The summed E-state index contributed by atoms with van der Waals surface area (Å²) in [6, 6.07) is 15.7. The number of benzene rings is 2. The number of furan rings is 1. The lowest BCUT2D eigenvalue weighted by Crippen LogP contribution is -2.41. The fourth-order valence-electron chi connectivity index (χ4n) is 2.72. The van der Waals surface area contributed by atoms with Gasteiger partial charge in [0.25, 0.3) is 5.91 Å². The largest absolute Gasteiger partial charge is 0.489 e. The highest BCUT2D eigenvalue weighted by Crippen LogP contribution is 2.28. The molecule has 30 heavy (non-hydrogen) atoms. The van der Waals surface area contributed by atoms with Crippen molar-refractivity contribution in [2.75, 3.05) is 13.2 Å². The minimum atomic E-state index is -0.818. The fourth-order valence-corrected chi connectivity index (χ4v) is 2.72. The lowest BCUT2D eigenvalue weighted by molar-refractivity contribution is -0.123. The summed E-state index contributed by atoms with van der Waals surface area (Å²) in [4.78, 5) is 35.9. The predicted molar refractivity (Wildman–Crippen MR) is 109 cm³/mol. The second-order valence-corrected chi connectivity index (χ2v) is 6.39. The molecular weight excluding hydrogens is 388 g/mol. The van der Waals surface area contributed by atoms with Gasteiger partial charge < -0.3 is 19.2 Å². The third-order valence-electron chi connectivity index (χ3n) is 4.13. The number of hydrogen-bond acceptors (Lipinski definition) is 6. The number of hydrogen-bond donors (Lipinski definition) is 2. The van der Waals surface area contributed by atoms with Gasteiger partial charge in [0, 0.05) is 11.9 Å². The van der Waals surface area contributed by atoms with Gasteiger partial charge in [-0.05, 0) is 24.6 Å². The molecule has 8 heteroatoms. The first kappa shape index (κ1) is 20.9. The molecule has 0 bridgehead atoms. The maximum absolute atomic E-state index is 12.6. The van der Waals surface area contributed by atoms with Crippen LogP contribution in [0.25, 0.3) is 11.0 Å². The zero-order valence-electron chi connectivity index (χ0n) is 16.5. The molecule has 0 unspecified atom stereocenters. The van der Waals surface area contributed by atoms with E-state index in [1.807, 2.05) is 37.3 Å². The van der Waals surface area contributed by atoms with E-state index < -0.39 is 24.5 Å². The van der Waals surface area contributed by atoms with Crippen molar-refractivity contribution in [2.45, 2.75) is 20.0 Å². The molecule has 3 amide bonds. The number of esters is 1. The van der Waals surface area contributed by atoms with E-state index in [0.717, 1.165) is 6.42 Å². The molecule has 0 spiro atoms. The number of fused-ring (bicyclic) bond motifs is 1. The lowest BCUT2D eigenvalue weighted by Gasteiger charge is -2.08. The van der Waals surface area contributed by atoms with Crippen molar-refractivity contribution < 1.29 is 28.3 Å². The Morgan fingerprint density at radius 3 is 2.50 bits per heavy atom. The van der Waals surface area contributed by atoms with E-state index in [1.165, 1.54) is 0 Å². The summed E-state index contributed by atoms with van der Waals surface area (Å²) in [5.41, 5.74) is 1.01. The summed E-state index contributed by atoms with van der Waals surface area (Å²) in [7, 11) is 0. The zero-order valence-corrected chi connectivity index (χ0v) is 16.5. The van der Waals surface area contributed by atoms with Gasteiger partial charge in [0.15, 0.2) is 6.61 Å². The lowest BCUT2D eigenvalue weighted by atomic mass is 10.1. The van der Waals surface area contributed by atoms with Crippen molar-refractivity contribution in [1.29, 1.82) is 0 Å². The number of amides is 3. The third-order valence-corrected chi connectivity index (χ3v) is 4.13. The minimum Gasteiger partial charge on any atom is -0.489 e. The van der Waals surface area contributed by atoms with Crippen LogP contribution in [0.3, 0.4) is 0 Å². The van der Waals surface area contributed by atoms with Crippen molar-refractivity contribution >= 4 is 28.9 Å². The summed E-state index contributed by atoms with van der Waals surface area (Å²) >= 11 is 0. The number of nitrogens with one attached hydrogen (secondary N) is 2. The van der Waals surface area contributed by atoms with E-state index in [-0.39, 0.29) is 12.4 Å². The molecule has 1 heterocycles. The summed E-state index contributed by atoms with van der Waals surface area (Å²) in [6.45, 7) is 1.78. The first-order valence-electron chi connectivity index (χ1n) is 9.51. The van der Waals surface area contributed by atoms with E-state index in [0.29, 0.717) is 28.8 Å². The molecule has 0 aliphatic heterocycles. The molecular formula is C22H22N2O6. The number of carbonyl (C=O) groups excluding carboxylic acids is 3. The molecule has 3 aromatic rings. The normalized spacial score (nSPS) is 10.4. The molecule has 0 atom stereocenters. The molecule has 0 saturated carbocycles. The maximum Gasteiger partial charge on any atom is 0.375 e. The first-order valence-corrected chi connectivity index (χ1v) is 9.51. The second-order valence-electron chi connectivity index (χ2n) is 6.39. The fraction of sp³-hybridized carbons (Fsp3) is 0.227. The summed E-state index contributed by atoms with van der Waals surface area (Å²) in [6.07, 6.45) is 0.733. The van der Waals surface area contributed by atoms with Crippen molar-refractivity contribution in [2.24, 2.45) is 0 Å². The Balaban J connectivity index is 1.69. The summed E-state index contributed by atoms with van der Waals surface area (Å²) < 4.78 is 16.5. The molecule has 0 saturated heterocycles. The average Bonchev–Trinajstić information content (AvgIpc) is 3.14. The molecule has 2 N–H and O–H groups in total. The molecule has 0 aliphatic carbocycles. The predicted octanol–water partition coefficient (Wildman–Crippen LogP) is 3.40. The maximum atomic E-state index is 12.6. The Labute approximate surface area is 173 Å². The molecule has 2 aromatic carbocycles. The topological polar surface area (TPSA) is 107 Å². The minimum absolute atomic E-state index is 0.0460. The number of urea groups is 1. The van der Waals surface area contributed by atoms with E-state index in [4.69, 9.17) is 13.9 Å². The smallest absolute Gasteiger partial charge is 0.375 e. The van der Waals surface area contributed by atoms with Gasteiger partial charge in [-0.15, -0.1) is 0 Å². The first-order chi connectivity index (χ1) is 14.6. The van der Waals surface area contributed by atoms with Crippen LogP contribution in [0, 0.1) is 0 Å². The number of ether oxygens (including phenoxy) is 2. The molecule has 156 valence electrons. The van der Waals surface area contributed by atoms with Crippen LogP contribution in [0.2, 0.25) is 0 Å². The standard InChI is InChI=1S/C22H22N2O6/c1-2-12-23-22(27)24-19(25)14-29-21(26)20-17(13-28-15-8-4-3-5-9-15)16-10-6-7-11-18(16)30-20/h3-11H,2,12-14H2,1H3,(H2,23,24,25,27). The van der Waals surface area contributed by atoms with Gasteiger partial charge in [0.05, 0.1) is 5.56 Å². The average molecular weight is 410 g/mol. The van der Waals surface area contributed by atoms with Gasteiger partial charge in [-0.25, -0.2) is 9.59 Å². The molecule has 8 nitrogen and oxygen atoms in total. The van der Waals surface area contributed by atoms with Crippen LogP contribution in [0.5, 0.6) is 5.75 Å². The second kappa shape index (κ2) is 10.1. The van der Waals surface area contributed by atoms with Crippen molar-refractivity contribution in [3.8, 4) is 5.75 Å². The third kappa shape index (κ3) is 5.38. The number of rotatable bonds is 8. The Kier molecular flexibility index (Phi) is 7.05.